The number of aromatic hydroxyl groups is 1. The van der Waals surface area contributed by atoms with E-state index in [1.165, 1.54) is 18.2 Å². The first-order valence-corrected chi connectivity index (χ1v) is 5.41. The number of benzene rings is 1. The van der Waals surface area contributed by atoms with E-state index in [2.05, 4.69) is 0 Å². The van der Waals surface area contributed by atoms with Crippen molar-refractivity contribution >= 4 is 18.1 Å². The molecule has 2 rings (SSSR count). The van der Waals surface area contributed by atoms with E-state index in [9.17, 15) is 20.3 Å². The summed E-state index contributed by atoms with van der Waals surface area (Å²) < 4.78 is 0. The van der Waals surface area contributed by atoms with Crippen LogP contribution in [0.5, 0.6) is 5.75 Å². The Hall–Kier alpha value is -1.37. The molecule has 1 aliphatic carbocycles. The number of aliphatic hydroxyl groups is 1. The van der Waals surface area contributed by atoms with Crippen molar-refractivity contribution in [3.8, 4) is 5.75 Å². The molecule has 0 spiro atoms. The molecule has 4 N–H and O–H groups in total. The summed E-state index contributed by atoms with van der Waals surface area (Å²) in [6.07, 6.45) is 1.05. The van der Waals surface area contributed by atoms with Crippen LogP contribution < -0.4 is 5.73 Å². The number of non-ortho nitro benzene ring substituents is 1. The van der Waals surface area contributed by atoms with Crippen LogP contribution in [0.3, 0.4) is 0 Å². The van der Waals surface area contributed by atoms with Crippen LogP contribution >= 0.6 is 12.4 Å². The van der Waals surface area contributed by atoms with E-state index in [0.717, 1.165) is 12.8 Å². The van der Waals surface area contributed by atoms with Gasteiger partial charge in [0.05, 0.1) is 17.1 Å². The molecule has 1 saturated carbocycles. The fourth-order valence-electron chi connectivity index (χ4n) is 1.84. The number of hydrogen-bond acceptors (Lipinski definition) is 5. The van der Waals surface area contributed by atoms with Crippen LogP contribution in [-0.4, -0.2) is 21.2 Å². The highest BCUT2D eigenvalue weighted by Gasteiger charge is 2.35. The number of rotatable bonds is 4. The number of halogens is 1. The van der Waals surface area contributed by atoms with Crippen molar-refractivity contribution in [2.45, 2.75) is 25.0 Å². The van der Waals surface area contributed by atoms with E-state index >= 15 is 0 Å². The van der Waals surface area contributed by atoms with Gasteiger partial charge in [-0.2, -0.15) is 0 Å². The normalized spacial score (nSPS) is 17.7. The highest BCUT2D eigenvalue weighted by Crippen LogP contribution is 2.39. The van der Waals surface area contributed by atoms with Crippen LogP contribution in [0.2, 0.25) is 0 Å². The Bertz CT molecular complexity index is 451. The minimum atomic E-state index is -0.789. The third kappa shape index (κ3) is 2.90. The van der Waals surface area contributed by atoms with Crippen molar-refractivity contribution in [3.63, 3.8) is 0 Å². The van der Waals surface area contributed by atoms with Crippen molar-refractivity contribution in [1.29, 1.82) is 0 Å². The Balaban J connectivity index is 0.00000162. The van der Waals surface area contributed by atoms with Gasteiger partial charge < -0.3 is 15.9 Å². The van der Waals surface area contributed by atoms with Crippen LogP contribution in [0.1, 0.15) is 24.4 Å². The molecule has 0 saturated heterocycles. The molecule has 0 bridgehead atoms. The summed E-state index contributed by atoms with van der Waals surface area (Å²) in [6, 6.07) is 2.86. The van der Waals surface area contributed by atoms with Gasteiger partial charge in [-0.3, -0.25) is 10.1 Å². The lowest BCUT2D eigenvalue weighted by Gasteiger charge is -2.19. The number of phenolic OH excluding ortho intramolecular Hbond substituents is 1. The summed E-state index contributed by atoms with van der Waals surface area (Å²) in [5, 5.41) is 30.1. The van der Waals surface area contributed by atoms with E-state index in [1.54, 1.807) is 0 Å². The fourth-order valence-corrected chi connectivity index (χ4v) is 1.84. The molecule has 1 aliphatic rings. The largest absolute Gasteiger partial charge is 0.508 e. The van der Waals surface area contributed by atoms with Crippen molar-refractivity contribution in [1.82, 2.24) is 0 Å². The van der Waals surface area contributed by atoms with Crippen molar-refractivity contribution < 1.29 is 15.1 Å². The number of nitrogens with two attached hydrogens (primary N) is 1. The minimum absolute atomic E-state index is 0. The van der Waals surface area contributed by atoms with Crippen LogP contribution in [-0.2, 0) is 0 Å². The molecular formula is C11H15ClN2O4. The zero-order valence-corrected chi connectivity index (χ0v) is 10.3. The maximum atomic E-state index is 10.6. The molecule has 0 unspecified atom stereocenters. The van der Waals surface area contributed by atoms with Gasteiger partial charge in [0.15, 0.2) is 0 Å². The molecule has 18 heavy (non-hydrogen) atoms. The molecule has 100 valence electrons. The average molecular weight is 275 g/mol. The summed E-state index contributed by atoms with van der Waals surface area (Å²) in [4.78, 5) is 10.1. The van der Waals surface area contributed by atoms with Crippen molar-refractivity contribution in [2.24, 2.45) is 11.7 Å². The number of nitro groups is 1. The first-order valence-electron chi connectivity index (χ1n) is 5.41. The third-order valence-electron chi connectivity index (χ3n) is 3.05. The smallest absolute Gasteiger partial charge is 0.270 e. The molecule has 0 heterocycles. The molecule has 1 aromatic rings. The summed E-state index contributed by atoms with van der Waals surface area (Å²) in [6.45, 7) is 0. The van der Waals surface area contributed by atoms with Crippen LogP contribution in [0.15, 0.2) is 18.2 Å². The van der Waals surface area contributed by atoms with E-state index in [-0.39, 0.29) is 35.3 Å². The average Bonchev–Trinajstić information content (AvgIpc) is 3.11. The number of phenols is 1. The lowest BCUT2D eigenvalue weighted by molar-refractivity contribution is -0.385. The molecular weight excluding hydrogens is 260 g/mol. The SMILES string of the molecule is Cl.N[C@@H](c1cc([N+](=O)[O-])ccc1O)[C@H](O)C1CC1. The van der Waals surface area contributed by atoms with Crippen LogP contribution in [0.25, 0.3) is 0 Å². The van der Waals surface area contributed by atoms with Gasteiger partial charge in [0, 0.05) is 17.7 Å². The zero-order valence-electron chi connectivity index (χ0n) is 9.52. The second-order valence-electron chi connectivity index (χ2n) is 4.35. The highest BCUT2D eigenvalue weighted by atomic mass is 35.5. The number of aliphatic hydroxyl groups excluding tert-OH is 1. The Kier molecular flexibility index (Phi) is 4.50. The van der Waals surface area contributed by atoms with Crippen molar-refractivity contribution in [2.75, 3.05) is 0 Å². The van der Waals surface area contributed by atoms with E-state index in [4.69, 9.17) is 5.73 Å². The molecule has 2 atom stereocenters. The van der Waals surface area contributed by atoms with Gasteiger partial charge in [-0.1, -0.05) is 0 Å². The fraction of sp³-hybridized carbons (Fsp3) is 0.455. The maximum Gasteiger partial charge on any atom is 0.270 e. The van der Waals surface area contributed by atoms with Gasteiger partial charge in [0.25, 0.3) is 5.69 Å². The quantitative estimate of drug-likeness (QED) is 0.569. The molecule has 1 fully saturated rings. The van der Waals surface area contributed by atoms with Gasteiger partial charge >= 0.3 is 0 Å². The van der Waals surface area contributed by atoms with Gasteiger partial charge in [-0.25, -0.2) is 0 Å². The summed E-state index contributed by atoms with van der Waals surface area (Å²) in [5.74, 6) is 0.0199. The Labute approximate surface area is 110 Å². The van der Waals surface area contributed by atoms with E-state index < -0.39 is 17.1 Å². The first kappa shape index (κ1) is 14.7. The standard InChI is InChI=1S/C11H14N2O4.ClH/c12-10(11(15)6-1-2-6)8-5-7(13(16)17)3-4-9(8)14;/h3-6,10-11,14-15H,1-2,12H2;1H/t10-,11+;/m0./s1. The molecule has 0 aliphatic heterocycles. The predicted octanol–water partition coefficient (Wildman–Crippen LogP) is 1.49. The second kappa shape index (κ2) is 5.51. The number of nitrogens with zero attached hydrogens (tertiary/aromatic N) is 1. The second-order valence-corrected chi connectivity index (χ2v) is 4.35. The third-order valence-corrected chi connectivity index (χ3v) is 3.05. The predicted molar refractivity (Wildman–Crippen MR) is 67.7 cm³/mol. The van der Waals surface area contributed by atoms with Crippen molar-refractivity contribution in [3.05, 3.63) is 33.9 Å². The van der Waals surface area contributed by atoms with Gasteiger partial charge in [-0.05, 0) is 24.8 Å². The number of hydrogen-bond donors (Lipinski definition) is 3. The Morgan fingerprint density at radius 3 is 2.56 bits per heavy atom. The van der Waals surface area contributed by atoms with Gasteiger partial charge in [-0.15, -0.1) is 12.4 Å². The van der Waals surface area contributed by atoms with Crippen LogP contribution in [0, 0.1) is 16.0 Å². The first-order chi connectivity index (χ1) is 8.00. The Morgan fingerprint density at radius 1 is 1.44 bits per heavy atom. The monoisotopic (exact) mass is 274 g/mol. The lowest BCUT2D eigenvalue weighted by Crippen LogP contribution is -2.28. The molecule has 0 aromatic heterocycles. The molecule has 0 radical (unpaired) electrons. The molecule has 6 nitrogen and oxygen atoms in total. The van der Waals surface area contributed by atoms with Gasteiger partial charge in [0.2, 0.25) is 0 Å². The summed E-state index contributed by atoms with van der Waals surface area (Å²) >= 11 is 0. The molecule has 0 amide bonds. The molecule has 7 heteroatoms. The minimum Gasteiger partial charge on any atom is -0.508 e. The maximum absolute atomic E-state index is 10.6. The summed E-state index contributed by atoms with van der Waals surface area (Å²) in [5.41, 5.74) is 5.90. The summed E-state index contributed by atoms with van der Waals surface area (Å²) in [7, 11) is 0. The number of nitro benzene ring substituents is 1. The highest BCUT2D eigenvalue weighted by molar-refractivity contribution is 5.85. The van der Waals surface area contributed by atoms with Crippen LogP contribution in [0.4, 0.5) is 5.69 Å². The lowest BCUT2D eigenvalue weighted by atomic mass is 9.98. The van der Waals surface area contributed by atoms with E-state index in [1.807, 2.05) is 0 Å². The van der Waals surface area contributed by atoms with E-state index in [0.29, 0.717) is 0 Å². The topological polar surface area (TPSA) is 110 Å². The Morgan fingerprint density at radius 2 is 2.06 bits per heavy atom. The zero-order chi connectivity index (χ0) is 12.6. The molecule has 1 aromatic carbocycles. The van der Waals surface area contributed by atoms with Gasteiger partial charge in [0.1, 0.15) is 5.75 Å².